The van der Waals surface area contributed by atoms with Crippen molar-refractivity contribution in [1.29, 1.82) is 0 Å². The van der Waals surface area contributed by atoms with Crippen LogP contribution >= 0.6 is 0 Å². The van der Waals surface area contributed by atoms with Crippen LogP contribution in [-0.2, 0) is 0 Å². The summed E-state index contributed by atoms with van der Waals surface area (Å²) in [6, 6.07) is 5.39. The first-order valence-corrected chi connectivity index (χ1v) is 5.25. The first-order chi connectivity index (χ1) is 7.10. The molecule has 0 saturated heterocycles. The van der Waals surface area contributed by atoms with Gasteiger partial charge in [0.1, 0.15) is 7.85 Å². The highest BCUT2D eigenvalue weighted by molar-refractivity contribution is 6.32. The molecule has 0 bridgehead atoms. The summed E-state index contributed by atoms with van der Waals surface area (Å²) in [4.78, 5) is 13.8. The van der Waals surface area contributed by atoms with Crippen LogP contribution in [0.3, 0.4) is 0 Å². The maximum atomic E-state index is 12.0. The minimum atomic E-state index is 0.0810. The standard InChI is InChI=1S/C12H16BNO/c1-4-14(5-2)12(15)11-7-6-10(13)8-9(11)3/h6-8H,4-5H2,1-3H3. The average Bonchev–Trinajstić information content (AvgIpc) is 2.19. The molecule has 0 fully saturated rings. The van der Waals surface area contributed by atoms with Crippen LogP contribution in [0.2, 0.25) is 0 Å². The van der Waals surface area contributed by atoms with Gasteiger partial charge >= 0.3 is 0 Å². The van der Waals surface area contributed by atoms with Crippen LogP contribution in [0.4, 0.5) is 0 Å². The van der Waals surface area contributed by atoms with Crippen molar-refractivity contribution >= 4 is 19.2 Å². The number of nitrogens with zero attached hydrogens (tertiary/aromatic N) is 1. The molecular formula is C12H16BNO. The molecule has 3 heteroatoms. The number of carbonyl (C=O) groups is 1. The summed E-state index contributed by atoms with van der Waals surface area (Å²) in [5.74, 6) is 0.0810. The van der Waals surface area contributed by atoms with Gasteiger partial charge in [-0.1, -0.05) is 17.6 Å². The van der Waals surface area contributed by atoms with Gasteiger partial charge in [0, 0.05) is 18.7 Å². The molecule has 0 aliphatic heterocycles. The van der Waals surface area contributed by atoms with E-state index in [1.165, 1.54) is 0 Å². The van der Waals surface area contributed by atoms with Gasteiger partial charge in [0.05, 0.1) is 0 Å². The highest BCUT2D eigenvalue weighted by Gasteiger charge is 2.13. The molecule has 0 N–H and O–H groups in total. The number of carbonyl (C=O) groups excluding carboxylic acids is 1. The summed E-state index contributed by atoms with van der Waals surface area (Å²) < 4.78 is 0. The third kappa shape index (κ3) is 2.61. The molecule has 1 rings (SSSR count). The van der Waals surface area contributed by atoms with Gasteiger partial charge in [0.25, 0.3) is 5.91 Å². The number of amides is 1. The van der Waals surface area contributed by atoms with Crippen LogP contribution in [0.25, 0.3) is 0 Å². The average molecular weight is 201 g/mol. The van der Waals surface area contributed by atoms with Crippen LogP contribution in [-0.4, -0.2) is 31.7 Å². The molecule has 1 amide bonds. The van der Waals surface area contributed by atoms with E-state index < -0.39 is 0 Å². The van der Waals surface area contributed by atoms with E-state index in [1.54, 1.807) is 17.0 Å². The summed E-state index contributed by atoms with van der Waals surface area (Å²) in [6.07, 6.45) is 0. The minimum Gasteiger partial charge on any atom is -0.339 e. The molecule has 2 radical (unpaired) electrons. The normalized spacial score (nSPS) is 10.1. The maximum Gasteiger partial charge on any atom is 0.254 e. The Labute approximate surface area is 92.7 Å². The second kappa shape index (κ2) is 5.01. The van der Waals surface area contributed by atoms with Gasteiger partial charge in [0.2, 0.25) is 0 Å². The van der Waals surface area contributed by atoms with Crippen LogP contribution in [0.1, 0.15) is 29.8 Å². The van der Waals surface area contributed by atoms with Gasteiger partial charge < -0.3 is 4.90 Å². The van der Waals surface area contributed by atoms with Crippen LogP contribution in [0.5, 0.6) is 0 Å². The Morgan fingerprint density at radius 1 is 1.33 bits per heavy atom. The molecule has 0 aromatic heterocycles. The lowest BCUT2D eigenvalue weighted by molar-refractivity contribution is 0.0772. The third-order valence-electron chi connectivity index (χ3n) is 2.53. The van der Waals surface area contributed by atoms with Crippen molar-refractivity contribution in [3.8, 4) is 0 Å². The van der Waals surface area contributed by atoms with Crippen molar-refractivity contribution in [2.75, 3.05) is 13.1 Å². The van der Waals surface area contributed by atoms with E-state index in [9.17, 15) is 4.79 Å². The largest absolute Gasteiger partial charge is 0.339 e. The van der Waals surface area contributed by atoms with Gasteiger partial charge in [-0.3, -0.25) is 4.79 Å². The van der Waals surface area contributed by atoms with Crippen molar-refractivity contribution in [2.24, 2.45) is 0 Å². The summed E-state index contributed by atoms with van der Waals surface area (Å²) >= 11 is 0. The second-order valence-corrected chi connectivity index (χ2v) is 3.55. The molecule has 0 heterocycles. The summed E-state index contributed by atoms with van der Waals surface area (Å²) in [5, 5.41) is 0. The fourth-order valence-corrected chi connectivity index (χ4v) is 1.61. The van der Waals surface area contributed by atoms with Crippen molar-refractivity contribution in [2.45, 2.75) is 20.8 Å². The number of hydrogen-bond donors (Lipinski definition) is 0. The summed E-state index contributed by atoms with van der Waals surface area (Å²) in [7, 11) is 5.64. The SMILES string of the molecule is [B]c1ccc(C(=O)N(CC)CC)c(C)c1. The molecule has 2 nitrogen and oxygen atoms in total. The summed E-state index contributed by atoms with van der Waals surface area (Å²) in [5.41, 5.74) is 2.38. The molecule has 0 spiro atoms. The van der Waals surface area contributed by atoms with Crippen molar-refractivity contribution < 1.29 is 4.79 Å². The Morgan fingerprint density at radius 3 is 2.40 bits per heavy atom. The Bertz CT molecular complexity index is 359. The van der Waals surface area contributed by atoms with E-state index in [-0.39, 0.29) is 5.91 Å². The predicted molar refractivity (Wildman–Crippen MR) is 63.8 cm³/mol. The van der Waals surface area contributed by atoms with E-state index in [4.69, 9.17) is 7.85 Å². The molecule has 0 saturated carbocycles. The Morgan fingerprint density at radius 2 is 1.93 bits per heavy atom. The van der Waals surface area contributed by atoms with Gasteiger partial charge in [-0.15, -0.1) is 0 Å². The number of aryl methyl sites for hydroxylation is 1. The van der Waals surface area contributed by atoms with Gasteiger partial charge in [0.15, 0.2) is 0 Å². The smallest absolute Gasteiger partial charge is 0.254 e. The molecule has 0 atom stereocenters. The number of hydrogen-bond acceptors (Lipinski definition) is 1. The minimum absolute atomic E-state index is 0.0810. The number of rotatable bonds is 3. The molecular weight excluding hydrogens is 185 g/mol. The second-order valence-electron chi connectivity index (χ2n) is 3.55. The topological polar surface area (TPSA) is 20.3 Å². The number of benzene rings is 1. The quantitative estimate of drug-likeness (QED) is 0.674. The first-order valence-electron chi connectivity index (χ1n) is 5.25. The van der Waals surface area contributed by atoms with Gasteiger partial charge in [-0.2, -0.15) is 0 Å². The Kier molecular flexibility index (Phi) is 3.95. The monoisotopic (exact) mass is 201 g/mol. The molecule has 15 heavy (non-hydrogen) atoms. The predicted octanol–water partition coefficient (Wildman–Crippen LogP) is 1.27. The van der Waals surface area contributed by atoms with Gasteiger partial charge in [-0.05, 0) is 32.4 Å². The van der Waals surface area contributed by atoms with E-state index >= 15 is 0 Å². The third-order valence-corrected chi connectivity index (χ3v) is 2.53. The lowest BCUT2D eigenvalue weighted by Crippen LogP contribution is -2.31. The molecule has 1 aromatic carbocycles. The van der Waals surface area contributed by atoms with Crippen LogP contribution in [0.15, 0.2) is 18.2 Å². The Balaban J connectivity index is 3.00. The lowest BCUT2D eigenvalue weighted by Gasteiger charge is -2.19. The molecule has 1 aromatic rings. The summed E-state index contributed by atoms with van der Waals surface area (Å²) in [6.45, 7) is 7.34. The van der Waals surface area contributed by atoms with Crippen molar-refractivity contribution in [3.63, 3.8) is 0 Å². The molecule has 0 aliphatic rings. The van der Waals surface area contributed by atoms with Crippen LogP contribution in [0, 0.1) is 6.92 Å². The fourth-order valence-electron chi connectivity index (χ4n) is 1.61. The highest BCUT2D eigenvalue weighted by Crippen LogP contribution is 2.09. The van der Waals surface area contributed by atoms with E-state index in [0.29, 0.717) is 5.46 Å². The maximum absolute atomic E-state index is 12.0. The molecule has 0 unspecified atom stereocenters. The first kappa shape index (κ1) is 11.8. The van der Waals surface area contributed by atoms with E-state index in [2.05, 4.69) is 0 Å². The molecule has 0 aliphatic carbocycles. The van der Waals surface area contributed by atoms with Crippen LogP contribution < -0.4 is 5.46 Å². The fraction of sp³-hybridized carbons (Fsp3) is 0.417. The lowest BCUT2D eigenvalue weighted by atomic mass is 9.92. The van der Waals surface area contributed by atoms with E-state index in [0.717, 1.165) is 24.2 Å². The zero-order valence-electron chi connectivity index (χ0n) is 9.58. The highest BCUT2D eigenvalue weighted by atomic mass is 16.2. The van der Waals surface area contributed by atoms with E-state index in [1.807, 2.05) is 26.8 Å². The molecule has 78 valence electrons. The zero-order chi connectivity index (χ0) is 11.4. The van der Waals surface area contributed by atoms with Crippen molar-refractivity contribution in [1.82, 2.24) is 4.90 Å². The van der Waals surface area contributed by atoms with Gasteiger partial charge in [-0.25, -0.2) is 0 Å². The Hall–Kier alpha value is -1.25. The van der Waals surface area contributed by atoms with Crippen molar-refractivity contribution in [3.05, 3.63) is 29.3 Å². The zero-order valence-corrected chi connectivity index (χ0v) is 9.58.